The van der Waals surface area contributed by atoms with Gasteiger partial charge in [-0.25, -0.2) is 4.98 Å². The van der Waals surface area contributed by atoms with Crippen molar-refractivity contribution in [1.82, 2.24) is 9.55 Å². The van der Waals surface area contributed by atoms with Crippen molar-refractivity contribution in [3.8, 4) is 11.5 Å². The fraction of sp³-hybridized carbons (Fsp3) is 0.333. The van der Waals surface area contributed by atoms with Crippen molar-refractivity contribution < 1.29 is 27.4 Å². The SMILES string of the molecule is Cc1ccc(C)c(NC(=O)Cn2c(C(F)(F)F)nc3cc4c(cc32)OCCCO4)c1. The Morgan fingerprint density at radius 3 is 2.53 bits per heavy atom. The third kappa shape index (κ3) is 3.92. The topological polar surface area (TPSA) is 65.4 Å². The normalized spacial score (nSPS) is 13.9. The summed E-state index contributed by atoms with van der Waals surface area (Å²) in [6.07, 6.45) is -4.06. The van der Waals surface area contributed by atoms with Crippen molar-refractivity contribution >= 4 is 22.6 Å². The lowest BCUT2D eigenvalue weighted by atomic mass is 10.1. The fourth-order valence-electron chi connectivity index (χ4n) is 3.36. The highest BCUT2D eigenvalue weighted by Gasteiger charge is 2.38. The molecule has 1 aliphatic heterocycles. The molecular formula is C21H20F3N3O3. The highest BCUT2D eigenvalue weighted by molar-refractivity contribution is 5.93. The second-order valence-electron chi connectivity index (χ2n) is 7.22. The first-order valence-electron chi connectivity index (χ1n) is 9.46. The Morgan fingerprint density at radius 2 is 1.83 bits per heavy atom. The molecule has 30 heavy (non-hydrogen) atoms. The number of hydrogen-bond acceptors (Lipinski definition) is 4. The van der Waals surface area contributed by atoms with E-state index in [-0.39, 0.29) is 11.0 Å². The standard InChI is InChI=1S/C21H20F3N3O3/c1-12-4-5-13(2)14(8-12)25-19(28)11-27-16-10-18-17(29-6-3-7-30-18)9-15(16)26-20(27)21(22,23)24/h4-5,8-10H,3,6-7,11H2,1-2H3,(H,25,28). The Labute approximate surface area is 170 Å². The molecule has 3 aromatic rings. The van der Waals surface area contributed by atoms with Gasteiger partial charge in [-0.2, -0.15) is 13.2 Å². The molecule has 158 valence electrons. The third-order valence-electron chi connectivity index (χ3n) is 4.84. The van der Waals surface area contributed by atoms with Crippen LogP contribution in [0.25, 0.3) is 11.0 Å². The zero-order valence-corrected chi connectivity index (χ0v) is 16.5. The van der Waals surface area contributed by atoms with E-state index < -0.39 is 24.5 Å². The van der Waals surface area contributed by atoms with Crippen LogP contribution in [0, 0.1) is 13.8 Å². The predicted octanol–water partition coefficient (Wildman–Crippen LogP) is 4.47. The van der Waals surface area contributed by atoms with Crippen LogP contribution < -0.4 is 14.8 Å². The van der Waals surface area contributed by atoms with Crippen LogP contribution in [0.2, 0.25) is 0 Å². The highest BCUT2D eigenvalue weighted by Crippen LogP contribution is 2.37. The number of rotatable bonds is 3. The van der Waals surface area contributed by atoms with E-state index in [1.165, 1.54) is 12.1 Å². The van der Waals surface area contributed by atoms with Gasteiger partial charge in [-0.1, -0.05) is 12.1 Å². The van der Waals surface area contributed by atoms with Crippen LogP contribution in [0.15, 0.2) is 30.3 Å². The number of fused-ring (bicyclic) bond motifs is 2. The number of amides is 1. The Bertz CT molecular complexity index is 1120. The van der Waals surface area contributed by atoms with Gasteiger partial charge in [-0.05, 0) is 31.0 Å². The summed E-state index contributed by atoms with van der Waals surface area (Å²) in [7, 11) is 0. The predicted molar refractivity (Wildman–Crippen MR) is 105 cm³/mol. The third-order valence-corrected chi connectivity index (χ3v) is 4.84. The molecule has 0 saturated carbocycles. The zero-order chi connectivity index (χ0) is 21.5. The maximum atomic E-state index is 13.6. The fourth-order valence-corrected chi connectivity index (χ4v) is 3.36. The van der Waals surface area contributed by atoms with Crippen LogP contribution in [0.3, 0.4) is 0 Å². The Balaban J connectivity index is 1.73. The van der Waals surface area contributed by atoms with E-state index in [2.05, 4.69) is 10.3 Å². The molecule has 0 atom stereocenters. The number of halogens is 3. The van der Waals surface area contributed by atoms with Gasteiger partial charge in [0.15, 0.2) is 11.5 Å². The molecule has 0 unspecified atom stereocenters. The van der Waals surface area contributed by atoms with Gasteiger partial charge in [0, 0.05) is 24.2 Å². The lowest BCUT2D eigenvalue weighted by Gasteiger charge is -2.14. The van der Waals surface area contributed by atoms with E-state index in [0.29, 0.717) is 36.8 Å². The van der Waals surface area contributed by atoms with E-state index in [0.717, 1.165) is 15.7 Å². The number of ether oxygens (including phenoxy) is 2. The van der Waals surface area contributed by atoms with Gasteiger partial charge < -0.3 is 19.4 Å². The molecule has 4 rings (SSSR count). The number of imidazole rings is 1. The molecule has 0 aliphatic carbocycles. The molecule has 9 heteroatoms. The Hall–Kier alpha value is -3.23. The molecule has 0 radical (unpaired) electrons. The summed E-state index contributed by atoms with van der Waals surface area (Å²) in [6.45, 7) is 3.94. The summed E-state index contributed by atoms with van der Waals surface area (Å²) in [4.78, 5) is 16.4. The summed E-state index contributed by atoms with van der Waals surface area (Å²) in [5.74, 6) is -1.04. The summed E-state index contributed by atoms with van der Waals surface area (Å²) in [5, 5.41) is 2.69. The molecule has 0 fully saturated rings. The van der Waals surface area contributed by atoms with Crippen LogP contribution >= 0.6 is 0 Å². The molecule has 0 spiro atoms. The number of aryl methyl sites for hydroxylation is 2. The quantitative estimate of drug-likeness (QED) is 0.680. The second kappa shape index (κ2) is 7.55. The minimum Gasteiger partial charge on any atom is -0.489 e. The van der Waals surface area contributed by atoms with Crippen LogP contribution in [0.4, 0.5) is 18.9 Å². The summed E-state index contributed by atoms with van der Waals surface area (Å²) in [6, 6.07) is 8.37. The van der Waals surface area contributed by atoms with Crippen LogP contribution in [-0.2, 0) is 17.5 Å². The largest absolute Gasteiger partial charge is 0.489 e. The first-order valence-corrected chi connectivity index (χ1v) is 9.46. The average molecular weight is 419 g/mol. The first-order chi connectivity index (χ1) is 14.2. The van der Waals surface area contributed by atoms with Crippen molar-refractivity contribution in [2.75, 3.05) is 18.5 Å². The number of benzene rings is 2. The summed E-state index contributed by atoms with van der Waals surface area (Å²) in [5.41, 5.74) is 2.55. The number of anilines is 1. The molecule has 0 saturated heterocycles. The number of hydrogen-bond donors (Lipinski definition) is 1. The van der Waals surface area contributed by atoms with E-state index in [9.17, 15) is 18.0 Å². The van der Waals surface area contributed by atoms with Gasteiger partial charge in [0.1, 0.15) is 6.54 Å². The lowest BCUT2D eigenvalue weighted by Crippen LogP contribution is -2.23. The van der Waals surface area contributed by atoms with Crippen LogP contribution in [0.1, 0.15) is 23.4 Å². The minimum absolute atomic E-state index is 0.0890. The van der Waals surface area contributed by atoms with Crippen molar-refractivity contribution in [2.24, 2.45) is 0 Å². The van der Waals surface area contributed by atoms with Crippen molar-refractivity contribution in [3.63, 3.8) is 0 Å². The van der Waals surface area contributed by atoms with E-state index in [4.69, 9.17) is 9.47 Å². The molecule has 0 bridgehead atoms. The zero-order valence-electron chi connectivity index (χ0n) is 16.5. The number of nitrogens with one attached hydrogen (secondary N) is 1. The molecule has 1 aromatic heterocycles. The van der Waals surface area contributed by atoms with Gasteiger partial charge in [0.2, 0.25) is 11.7 Å². The van der Waals surface area contributed by atoms with Gasteiger partial charge in [0.25, 0.3) is 0 Å². The molecule has 2 heterocycles. The lowest BCUT2D eigenvalue weighted by molar-refractivity contribution is -0.147. The Kier molecular flexibility index (Phi) is 5.05. The van der Waals surface area contributed by atoms with Crippen molar-refractivity contribution in [3.05, 3.63) is 47.3 Å². The van der Waals surface area contributed by atoms with Crippen molar-refractivity contribution in [1.29, 1.82) is 0 Å². The van der Waals surface area contributed by atoms with Crippen LogP contribution in [-0.4, -0.2) is 28.7 Å². The van der Waals surface area contributed by atoms with E-state index >= 15 is 0 Å². The van der Waals surface area contributed by atoms with Crippen molar-refractivity contribution in [2.45, 2.75) is 33.0 Å². The van der Waals surface area contributed by atoms with Gasteiger partial charge in [-0.15, -0.1) is 0 Å². The van der Waals surface area contributed by atoms with E-state index in [1.54, 1.807) is 6.07 Å². The smallest absolute Gasteiger partial charge is 0.449 e. The summed E-state index contributed by atoms with van der Waals surface area (Å²) < 4.78 is 52.9. The molecular weight excluding hydrogens is 399 g/mol. The average Bonchev–Trinajstić information content (AvgIpc) is 2.86. The molecule has 1 amide bonds. The minimum atomic E-state index is -4.72. The number of carbonyl (C=O) groups is 1. The number of aromatic nitrogens is 2. The monoisotopic (exact) mass is 419 g/mol. The highest BCUT2D eigenvalue weighted by atomic mass is 19.4. The molecule has 1 N–H and O–H groups in total. The van der Waals surface area contributed by atoms with Crippen LogP contribution in [0.5, 0.6) is 11.5 Å². The first kappa shape index (κ1) is 20.1. The molecule has 6 nitrogen and oxygen atoms in total. The number of carbonyl (C=O) groups excluding carboxylic acids is 1. The maximum Gasteiger partial charge on any atom is 0.449 e. The second-order valence-corrected chi connectivity index (χ2v) is 7.22. The van der Waals surface area contributed by atoms with E-state index in [1.807, 2.05) is 26.0 Å². The number of nitrogens with zero attached hydrogens (tertiary/aromatic N) is 2. The van der Waals surface area contributed by atoms with Gasteiger partial charge in [-0.3, -0.25) is 4.79 Å². The number of alkyl halides is 3. The van der Waals surface area contributed by atoms with Gasteiger partial charge >= 0.3 is 6.18 Å². The molecule has 2 aromatic carbocycles. The summed E-state index contributed by atoms with van der Waals surface area (Å²) >= 11 is 0. The molecule has 1 aliphatic rings. The maximum absolute atomic E-state index is 13.6. The van der Waals surface area contributed by atoms with Gasteiger partial charge in [0.05, 0.1) is 24.2 Å². The Morgan fingerprint density at radius 1 is 1.13 bits per heavy atom.